The van der Waals surface area contributed by atoms with Crippen LogP contribution in [-0.2, 0) is 0 Å². The fraction of sp³-hybridized carbons (Fsp3) is 0.619. The minimum atomic E-state index is 0.653. The number of allylic oxidation sites excluding steroid dienone is 2. The lowest BCUT2D eigenvalue weighted by molar-refractivity contribution is 0.339. The van der Waals surface area contributed by atoms with Gasteiger partial charge in [-0.25, -0.2) is 0 Å². The minimum Gasteiger partial charge on any atom is -0.494 e. The van der Waals surface area contributed by atoms with Gasteiger partial charge in [0.15, 0.2) is 0 Å². The molecule has 22 heavy (non-hydrogen) atoms. The molecule has 0 amide bonds. The summed E-state index contributed by atoms with van der Waals surface area (Å²) in [4.78, 5) is 0. The van der Waals surface area contributed by atoms with Gasteiger partial charge in [-0.15, -0.1) is 0 Å². The summed E-state index contributed by atoms with van der Waals surface area (Å²) >= 11 is 0. The first-order chi connectivity index (χ1) is 10.7. The smallest absolute Gasteiger partial charge is 0.119 e. The van der Waals surface area contributed by atoms with E-state index in [1.54, 1.807) is 5.57 Å². The highest BCUT2D eigenvalue weighted by atomic mass is 16.5. The van der Waals surface area contributed by atoms with Crippen LogP contribution < -0.4 is 4.74 Å². The molecule has 2 atom stereocenters. The molecule has 0 spiro atoms. The standard InChI is InChI=1S/C21H32O/c1-4-9-17(3)21(16-18-10-7-6-8-11-18)19-12-14-20(15-13-19)22-5-2/h10,12-15,17,21H,4-9,11,16H2,1-3H3. The van der Waals surface area contributed by atoms with Crippen LogP contribution in [-0.4, -0.2) is 6.61 Å². The molecule has 0 aliphatic heterocycles. The van der Waals surface area contributed by atoms with Crippen molar-refractivity contribution in [3.63, 3.8) is 0 Å². The fourth-order valence-electron chi connectivity index (χ4n) is 3.65. The second-order valence-corrected chi connectivity index (χ2v) is 6.69. The molecule has 1 aliphatic rings. The first-order valence-corrected chi connectivity index (χ1v) is 9.15. The molecule has 2 unspecified atom stereocenters. The second kappa shape index (κ2) is 9.02. The maximum absolute atomic E-state index is 5.59. The SMILES string of the molecule is CCCC(C)C(CC1=CCCCC1)c1ccc(OCC)cc1. The highest BCUT2D eigenvalue weighted by Crippen LogP contribution is 2.36. The largest absolute Gasteiger partial charge is 0.494 e. The van der Waals surface area contributed by atoms with Gasteiger partial charge >= 0.3 is 0 Å². The van der Waals surface area contributed by atoms with E-state index in [1.807, 2.05) is 6.92 Å². The number of hydrogen-bond donors (Lipinski definition) is 0. The van der Waals surface area contributed by atoms with E-state index in [0.29, 0.717) is 5.92 Å². The number of hydrogen-bond acceptors (Lipinski definition) is 1. The second-order valence-electron chi connectivity index (χ2n) is 6.69. The van der Waals surface area contributed by atoms with Crippen molar-refractivity contribution in [1.82, 2.24) is 0 Å². The average molecular weight is 300 g/mol. The summed E-state index contributed by atoms with van der Waals surface area (Å²) in [6.07, 6.45) is 11.7. The van der Waals surface area contributed by atoms with Crippen LogP contribution in [0.15, 0.2) is 35.9 Å². The summed E-state index contributed by atoms with van der Waals surface area (Å²) in [7, 11) is 0. The molecule has 1 nitrogen and oxygen atoms in total. The summed E-state index contributed by atoms with van der Waals surface area (Å²) in [6, 6.07) is 8.84. The first kappa shape index (κ1) is 17.1. The third-order valence-corrected chi connectivity index (χ3v) is 4.92. The molecule has 0 radical (unpaired) electrons. The monoisotopic (exact) mass is 300 g/mol. The number of benzene rings is 1. The van der Waals surface area contributed by atoms with Gasteiger partial charge in [0, 0.05) is 0 Å². The van der Waals surface area contributed by atoms with E-state index in [4.69, 9.17) is 4.74 Å². The van der Waals surface area contributed by atoms with Crippen molar-refractivity contribution in [3.8, 4) is 5.75 Å². The van der Waals surface area contributed by atoms with Crippen LogP contribution in [0.25, 0.3) is 0 Å². The van der Waals surface area contributed by atoms with E-state index in [-0.39, 0.29) is 0 Å². The Morgan fingerprint density at radius 2 is 1.86 bits per heavy atom. The Kier molecular flexibility index (Phi) is 7.02. The summed E-state index contributed by atoms with van der Waals surface area (Å²) in [6.45, 7) is 7.50. The van der Waals surface area contributed by atoms with E-state index in [9.17, 15) is 0 Å². The molecule has 2 rings (SSSR count). The Morgan fingerprint density at radius 3 is 2.45 bits per heavy atom. The quantitative estimate of drug-likeness (QED) is 0.498. The number of ether oxygens (including phenoxy) is 1. The molecular formula is C21H32O. The maximum Gasteiger partial charge on any atom is 0.119 e. The van der Waals surface area contributed by atoms with Crippen LogP contribution in [0.1, 0.15) is 77.2 Å². The van der Waals surface area contributed by atoms with Crippen LogP contribution in [0.3, 0.4) is 0 Å². The van der Waals surface area contributed by atoms with Crippen LogP contribution in [0, 0.1) is 5.92 Å². The molecule has 1 heteroatoms. The molecular weight excluding hydrogens is 268 g/mol. The van der Waals surface area contributed by atoms with E-state index >= 15 is 0 Å². The van der Waals surface area contributed by atoms with Crippen LogP contribution in [0.5, 0.6) is 5.75 Å². The van der Waals surface area contributed by atoms with Crippen molar-refractivity contribution in [2.75, 3.05) is 6.61 Å². The zero-order chi connectivity index (χ0) is 15.8. The fourth-order valence-corrected chi connectivity index (χ4v) is 3.65. The van der Waals surface area contributed by atoms with Gasteiger partial charge in [-0.1, -0.05) is 50.5 Å². The summed E-state index contributed by atoms with van der Waals surface area (Å²) in [5, 5.41) is 0. The van der Waals surface area contributed by atoms with Gasteiger partial charge in [-0.2, -0.15) is 0 Å². The molecule has 0 N–H and O–H groups in total. The third kappa shape index (κ3) is 4.90. The predicted molar refractivity (Wildman–Crippen MR) is 95.6 cm³/mol. The lowest BCUT2D eigenvalue weighted by Gasteiger charge is -2.27. The summed E-state index contributed by atoms with van der Waals surface area (Å²) < 4.78 is 5.59. The van der Waals surface area contributed by atoms with Crippen molar-refractivity contribution in [3.05, 3.63) is 41.5 Å². The zero-order valence-corrected chi connectivity index (χ0v) is 14.6. The van der Waals surface area contributed by atoms with Gasteiger partial charge in [-0.3, -0.25) is 0 Å². The molecule has 0 saturated carbocycles. The van der Waals surface area contributed by atoms with Gasteiger partial charge in [0.05, 0.1) is 6.61 Å². The van der Waals surface area contributed by atoms with Crippen molar-refractivity contribution < 1.29 is 4.74 Å². The summed E-state index contributed by atoms with van der Waals surface area (Å²) in [5.41, 5.74) is 3.17. The van der Waals surface area contributed by atoms with Gasteiger partial charge in [0.2, 0.25) is 0 Å². The first-order valence-electron chi connectivity index (χ1n) is 9.15. The lowest BCUT2D eigenvalue weighted by Crippen LogP contribution is -2.12. The Balaban J connectivity index is 2.13. The molecule has 0 fully saturated rings. The highest BCUT2D eigenvalue weighted by Gasteiger charge is 2.21. The van der Waals surface area contributed by atoms with E-state index in [1.165, 1.54) is 50.5 Å². The Hall–Kier alpha value is -1.24. The third-order valence-electron chi connectivity index (χ3n) is 4.92. The maximum atomic E-state index is 5.59. The molecule has 1 aromatic carbocycles. The molecule has 1 aromatic rings. The minimum absolute atomic E-state index is 0.653. The van der Waals surface area contributed by atoms with Crippen molar-refractivity contribution in [2.45, 2.75) is 71.6 Å². The van der Waals surface area contributed by atoms with E-state index in [2.05, 4.69) is 44.2 Å². The van der Waals surface area contributed by atoms with Crippen molar-refractivity contribution in [2.24, 2.45) is 5.92 Å². The van der Waals surface area contributed by atoms with E-state index in [0.717, 1.165) is 18.3 Å². The Labute approximate surface area is 136 Å². The van der Waals surface area contributed by atoms with Crippen molar-refractivity contribution in [1.29, 1.82) is 0 Å². The van der Waals surface area contributed by atoms with Gasteiger partial charge in [0.1, 0.15) is 5.75 Å². The molecule has 0 saturated heterocycles. The van der Waals surface area contributed by atoms with Gasteiger partial charge < -0.3 is 4.74 Å². The van der Waals surface area contributed by atoms with Crippen LogP contribution in [0.4, 0.5) is 0 Å². The average Bonchev–Trinajstić information content (AvgIpc) is 2.55. The topological polar surface area (TPSA) is 9.23 Å². The van der Waals surface area contributed by atoms with Crippen LogP contribution in [0.2, 0.25) is 0 Å². The lowest BCUT2D eigenvalue weighted by atomic mass is 9.78. The molecule has 122 valence electrons. The Morgan fingerprint density at radius 1 is 1.09 bits per heavy atom. The normalized spacial score (nSPS) is 17.7. The summed E-state index contributed by atoms with van der Waals surface area (Å²) in [5.74, 6) is 2.38. The predicted octanol–water partition coefficient (Wildman–Crippen LogP) is 6.50. The molecule has 0 bridgehead atoms. The van der Waals surface area contributed by atoms with Gasteiger partial charge in [0.25, 0.3) is 0 Å². The molecule has 0 heterocycles. The van der Waals surface area contributed by atoms with Crippen LogP contribution >= 0.6 is 0 Å². The van der Waals surface area contributed by atoms with E-state index < -0.39 is 0 Å². The Bertz CT molecular complexity index is 457. The van der Waals surface area contributed by atoms with Crippen molar-refractivity contribution >= 4 is 0 Å². The molecule has 1 aliphatic carbocycles. The zero-order valence-electron chi connectivity index (χ0n) is 14.6. The number of rotatable bonds is 8. The molecule has 0 aromatic heterocycles. The van der Waals surface area contributed by atoms with Gasteiger partial charge in [-0.05, 0) is 68.6 Å². The highest BCUT2D eigenvalue weighted by molar-refractivity contribution is 5.31.